The molecule has 1 saturated heterocycles. The van der Waals surface area contributed by atoms with E-state index in [4.69, 9.17) is 0 Å². The Balaban J connectivity index is 1.55. The van der Waals surface area contributed by atoms with E-state index in [1.807, 2.05) is 0 Å². The Morgan fingerprint density at radius 2 is 1.81 bits per heavy atom. The molecule has 2 aliphatic rings. The van der Waals surface area contributed by atoms with E-state index in [0.29, 0.717) is 0 Å². The molecule has 1 saturated carbocycles. The lowest BCUT2D eigenvalue weighted by atomic mass is 10.0. The molecule has 2 fully saturated rings. The zero-order chi connectivity index (χ0) is 15.1. The van der Waals surface area contributed by atoms with Crippen LogP contribution in [0.2, 0.25) is 0 Å². The van der Waals surface area contributed by atoms with Gasteiger partial charge in [0.2, 0.25) is 0 Å². The molecule has 1 N–H and O–H groups in total. The van der Waals surface area contributed by atoms with Crippen molar-refractivity contribution in [2.24, 2.45) is 0 Å². The van der Waals surface area contributed by atoms with Gasteiger partial charge in [0.1, 0.15) is 0 Å². The van der Waals surface area contributed by atoms with Gasteiger partial charge in [-0.05, 0) is 59.7 Å². The predicted molar refractivity (Wildman–Crippen MR) is 91.8 cm³/mol. The molecule has 3 heteroatoms. The summed E-state index contributed by atoms with van der Waals surface area (Å²) in [6.07, 6.45) is 10.7. The quantitative estimate of drug-likeness (QED) is 0.728. The van der Waals surface area contributed by atoms with Gasteiger partial charge in [-0.1, -0.05) is 24.5 Å². The Hall–Kier alpha value is -0.380. The van der Waals surface area contributed by atoms with Crippen LogP contribution >= 0.6 is 0 Å². The average molecular weight is 293 g/mol. The van der Waals surface area contributed by atoms with E-state index in [1.165, 1.54) is 63.7 Å². The summed E-state index contributed by atoms with van der Waals surface area (Å²) in [4.78, 5) is 5.15. The summed E-state index contributed by atoms with van der Waals surface area (Å²) in [5.41, 5.74) is 1.44. The van der Waals surface area contributed by atoms with Crippen LogP contribution in [0.15, 0.2) is 11.6 Å². The Morgan fingerprint density at radius 1 is 1.14 bits per heavy atom. The van der Waals surface area contributed by atoms with Gasteiger partial charge in [0.05, 0.1) is 0 Å². The fourth-order valence-electron chi connectivity index (χ4n) is 3.60. The standard InChI is InChI=1S/C18H35N3/c1-16(2)8-12-21-13-9-17(10-14-21)19-11-15-20(3)18-6-4-5-7-18/h8,17-19H,4-7,9-15H2,1-3H3. The van der Waals surface area contributed by atoms with Crippen molar-refractivity contribution < 1.29 is 0 Å². The van der Waals surface area contributed by atoms with E-state index in [-0.39, 0.29) is 0 Å². The fourth-order valence-corrected chi connectivity index (χ4v) is 3.60. The average Bonchev–Trinajstić information content (AvgIpc) is 3.00. The molecule has 0 aromatic carbocycles. The lowest BCUT2D eigenvalue weighted by molar-refractivity contribution is 0.202. The van der Waals surface area contributed by atoms with Gasteiger partial charge in [-0.15, -0.1) is 0 Å². The zero-order valence-corrected chi connectivity index (χ0v) is 14.4. The van der Waals surface area contributed by atoms with Gasteiger partial charge < -0.3 is 10.2 Å². The maximum atomic E-state index is 3.78. The molecule has 0 spiro atoms. The van der Waals surface area contributed by atoms with Crippen molar-refractivity contribution in [2.45, 2.75) is 64.5 Å². The van der Waals surface area contributed by atoms with E-state index in [1.54, 1.807) is 0 Å². The SMILES string of the molecule is CC(C)=CCN1CCC(NCCN(C)C2CCCC2)CC1. The lowest BCUT2D eigenvalue weighted by Gasteiger charge is -2.32. The van der Waals surface area contributed by atoms with Gasteiger partial charge in [-0.3, -0.25) is 4.90 Å². The van der Waals surface area contributed by atoms with Crippen molar-refractivity contribution in [1.82, 2.24) is 15.1 Å². The van der Waals surface area contributed by atoms with Crippen LogP contribution in [0.5, 0.6) is 0 Å². The third kappa shape index (κ3) is 6.09. The van der Waals surface area contributed by atoms with Crippen molar-refractivity contribution in [3.63, 3.8) is 0 Å². The molecule has 0 unspecified atom stereocenters. The minimum atomic E-state index is 0.741. The molecular weight excluding hydrogens is 258 g/mol. The number of nitrogens with zero attached hydrogens (tertiary/aromatic N) is 2. The van der Waals surface area contributed by atoms with Crippen LogP contribution in [0, 0.1) is 0 Å². The van der Waals surface area contributed by atoms with Gasteiger partial charge >= 0.3 is 0 Å². The predicted octanol–water partition coefficient (Wildman–Crippen LogP) is 2.88. The van der Waals surface area contributed by atoms with E-state index >= 15 is 0 Å². The second kappa shape index (κ2) is 8.92. The summed E-state index contributed by atoms with van der Waals surface area (Å²) in [5, 5.41) is 3.78. The molecule has 0 atom stereocenters. The summed E-state index contributed by atoms with van der Waals surface area (Å²) in [6, 6.07) is 1.60. The van der Waals surface area contributed by atoms with Crippen LogP contribution in [0.3, 0.4) is 0 Å². The van der Waals surface area contributed by atoms with Crippen LogP contribution in [0.4, 0.5) is 0 Å². The molecule has 1 heterocycles. The summed E-state index contributed by atoms with van der Waals surface area (Å²) in [5.74, 6) is 0. The van der Waals surface area contributed by atoms with Crippen LogP contribution in [-0.4, -0.2) is 61.7 Å². The smallest absolute Gasteiger partial charge is 0.0165 e. The second-order valence-electron chi connectivity index (χ2n) is 7.23. The third-order valence-corrected chi connectivity index (χ3v) is 5.19. The first kappa shape index (κ1) is 17.0. The maximum Gasteiger partial charge on any atom is 0.0165 e. The normalized spacial score (nSPS) is 22.1. The number of likely N-dealkylation sites (N-methyl/N-ethyl adjacent to an activating group) is 1. The number of piperidine rings is 1. The molecule has 0 amide bonds. The van der Waals surface area contributed by atoms with Gasteiger partial charge in [0, 0.05) is 31.7 Å². The van der Waals surface area contributed by atoms with Crippen molar-refractivity contribution in [3.05, 3.63) is 11.6 Å². The van der Waals surface area contributed by atoms with Crippen LogP contribution in [0.25, 0.3) is 0 Å². The highest BCUT2D eigenvalue weighted by atomic mass is 15.2. The maximum absolute atomic E-state index is 3.78. The van der Waals surface area contributed by atoms with Gasteiger partial charge in [-0.2, -0.15) is 0 Å². The molecule has 122 valence electrons. The Morgan fingerprint density at radius 3 is 2.43 bits per heavy atom. The molecule has 21 heavy (non-hydrogen) atoms. The molecule has 2 rings (SSSR count). The first-order valence-corrected chi connectivity index (χ1v) is 8.94. The second-order valence-corrected chi connectivity index (χ2v) is 7.23. The monoisotopic (exact) mass is 293 g/mol. The van der Waals surface area contributed by atoms with Gasteiger partial charge in [0.15, 0.2) is 0 Å². The summed E-state index contributed by atoms with van der Waals surface area (Å²) in [6.45, 7) is 10.4. The number of nitrogens with one attached hydrogen (secondary N) is 1. The highest BCUT2D eigenvalue weighted by Gasteiger charge is 2.20. The zero-order valence-electron chi connectivity index (χ0n) is 14.4. The topological polar surface area (TPSA) is 18.5 Å². The van der Waals surface area contributed by atoms with Crippen molar-refractivity contribution in [1.29, 1.82) is 0 Å². The summed E-state index contributed by atoms with van der Waals surface area (Å²) >= 11 is 0. The third-order valence-electron chi connectivity index (χ3n) is 5.19. The molecule has 0 radical (unpaired) electrons. The van der Waals surface area contributed by atoms with E-state index in [2.05, 4.69) is 42.1 Å². The Labute approximate surface area is 131 Å². The molecule has 1 aliphatic heterocycles. The molecule has 3 nitrogen and oxygen atoms in total. The highest BCUT2D eigenvalue weighted by Crippen LogP contribution is 2.21. The number of hydrogen-bond acceptors (Lipinski definition) is 3. The molecule has 0 aromatic rings. The number of likely N-dealkylation sites (tertiary alicyclic amines) is 1. The number of rotatable bonds is 7. The van der Waals surface area contributed by atoms with Crippen molar-refractivity contribution >= 4 is 0 Å². The molecule has 0 aromatic heterocycles. The van der Waals surface area contributed by atoms with Gasteiger partial charge in [-0.25, -0.2) is 0 Å². The van der Waals surface area contributed by atoms with E-state index in [0.717, 1.165) is 25.2 Å². The van der Waals surface area contributed by atoms with Crippen molar-refractivity contribution in [2.75, 3.05) is 39.8 Å². The number of hydrogen-bond donors (Lipinski definition) is 1. The minimum absolute atomic E-state index is 0.741. The molecule has 1 aliphatic carbocycles. The van der Waals surface area contributed by atoms with Crippen LogP contribution in [0.1, 0.15) is 52.4 Å². The van der Waals surface area contributed by atoms with Crippen molar-refractivity contribution in [3.8, 4) is 0 Å². The minimum Gasteiger partial charge on any atom is -0.313 e. The Bertz CT molecular complexity index is 308. The van der Waals surface area contributed by atoms with Crippen LogP contribution in [-0.2, 0) is 0 Å². The first-order valence-electron chi connectivity index (χ1n) is 8.94. The Kier molecular flexibility index (Phi) is 7.21. The molecular formula is C18H35N3. The summed E-state index contributed by atoms with van der Waals surface area (Å²) in [7, 11) is 2.31. The highest BCUT2D eigenvalue weighted by molar-refractivity contribution is 4.95. The van der Waals surface area contributed by atoms with E-state index < -0.39 is 0 Å². The molecule has 0 bridgehead atoms. The largest absolute Gasteiger partial charge is 0.313 e. The van der Waals surface area contributed by atoms with Gasteiger partial charge in [0.25, 0.3) is 0 Å². The first-order chi connectivity index (χ1) is 10.1. The number of allylic oxidation sites excluding steroid dienone is 1. The summed E-state index contributed by atoms with van der Waals surface area (Å²) < 4.78 is 0. The van der Waals surface area contributed by atoms with E-state index in [9.17, 15) is 0 Å². The van der Waals surface area contributed by atoms with Crippen LogP contribution < -0.4 is 5.32 Å². The fraction of sp³-hybridized carbons (Fsp3) is 0.889. The lowest BCUT2D eigenvalue weighted by Crippen LogP contribution is -2.45.